The summed E-state index contributed by atoms with van der Waals surface area (Å²) < 4.78 is 23.9. The van der Waals surface area contributed by atoms with Gasteiger partial charge in [-0.15, -0.1) is 0 Å². The monoisotopic (exact) mass is 254 g/mol. The normalized spacial score (nSPS) is 12.1. The minimum absolute atomic E-state index is 0.0363. The number of benzene rings is 1. The van der Waals surface area contributed by atoms with Crippen LogP contribution in [0.1, 0.15) is 38.1 Å². The van der Waals surface area contributed by atoms with Gasteiger partial charge in [-0.2, -0.15) is 0 Å². The summed E-state index contributed by atoms with van der Waals surface area (Å²) in [5.74, 6) is -0.169. The maximum absolute atomic E-state index is 12.0. The Morgan fingerprint density at radius 1 is 1.12 bits per heavy atom. The van der Waals surface area contributed by atoms with Gasteiger partial charge in [0.05, 0.1) is 10.1 Å². The Hall–Kier alpha value is -1.16. The van der Waals surface area contributed by atoms with E-state index in [9.17, 15) is 13.2 Å². The average Bonchev–Trinajstić information content (AvgIpc) is 2.27. The first kappa shape index (κ1) is 13.9. The van der Waals surface area contributed by atoms with Gasteiger partial charge in [-0.25, -0.2) is 8.42 Å². The van der Waals surface area contributed by atoms with Crippen molar-refractivity contribution >= 4 is 15.6 Å². The van der Waals surface area contributed by atoms with Crippen molar-refractivity contribution in [2.24, 2.45) is 5.92 Å². The number of hydrogen-bond donors (Lipinski definition) is 0. The molecule has 0 aliphatic rings. The highest BCUT2D eigenvalue weighted by Crippen LogP contribution is 2.18. The smallest absolute Gasteiger partial charge is 0.180 e. The molecule has 0 spiro atoms. The van der Waals surface area contributed by atoms with Crippen LogP contribution in [-0.2, 0) is 9.84 Å². The summed E-state index contributed by atoms with van der Waals surface area (Å²) in [5.41, 5.74) is 0.460. The van der Waals surface area contributed by atoms with Crippen LogP contribution in [0.3, 0.4) is 0 Å². The van der Waals surface area contributed by atoms with Crippen LogP contribution in [0.4, 0.5) is 0 Å². The average molecular weight is 254 g/mol. The topological polar surface area (TPSA) is 51.2 Å². The van der Waals surface area contributed by atoms with Gasteiger partial charge in [0.2, 0.25) is 0 Å². The van der Waals surface area contributed by atoms with E-state index in [-0.39, 0.29) is 16.6 Å². The van der Waals surface area contributed by atoms with Gasteiger partial charge in [-0.1, -0.05) is 26.0 Å². The molecule has 0 saturated carbocycles. The molecule has 94 valence electrons. The molecule has 0 aliphatic carbocycles. The molecule has 0 N–H and O–H groups in total. The summed E-state index contributed by atoms with van der Waals surface area (Å²) in [6.07, 6.45) is 0. The zero-order chi connectivity index (χ0) is 13.2. The first-order valence-electron chi connectivity index (χ1n) is 5.65. The fourth-order valence-electron chi connectivity index (χ4n) is 1.43. The van der Waals surface area contributed by atoms with Crippen LogP contribution in [-0.4, -0.2) is 19.5 Å². The second-order valence-electron chi connectivity index (χ2n) is 4.64. The Bertz CT molecular complexity index is 513. The second-order valence-corrected chi connectivity index (χ2v) is 7.14. The third kappa shape index (κ3) is 2.94. The lowest BCUT2D eigenvalue weighted by Crippen LogP contribution is -2.15. The van der Waals surface area contributed by atoms with Gasteiger partial charge >= 0.3 is 0 Å². The highest BCUT2D eigenvalue weighted by Gasteiger charge is 2.20. The van der Waals surface area contributed by atoms with E-state index >= 15 is 0 Å². The summed E-state index contributed by atoms with van der Waals surface area (Å²) in [7, 11) is -3.31. The van der Waals surface area contributed by atoms with Crippen molar-refractivity contribution in [3.8, 4) is 0 Å². The van der Waals surface area contributed by atoms with E-state index < -0.39 is 15.1 Å². The molecule has 0 aliphatic heterocycles. The van der Waals surface area contributed by atoms with E-state index in [1.165, 1.54) is 12.1 Å². The van der Waals surface area contributed by atoms with Crippen molar-refractivity contribution in [1.29, 1.82) is 0 Å². The van der Waals surface area contributed by atoms with Crippen molar-refractivity contribution in [2.75, 3.05) is 0 Å². The van der Waals surface area contributed by atoms with Crippen LogP contribution in [0.5, 0.6) is 0 Å². The largest absolute Gasteiger partial charge is 0.294 e. The molecule has 0 atom stereocenters. The van der Waals surface area contributed by atoms with Crippen molar-refractivity contribution in [2.45, 2.75) is 37.8 Å². The van der Waals surface area contributed by atoms with Crippen LogP contribution in [0, 0.1) is 5.92 Å². The van der Waals surface area contributed by atoms with E-state index in [0.717, 1.165) is 0 Å². The van der Waals surface area contributed by atoms with E-state index in [0.29, 0.717) is 5.56 Å². The zero-order valence-corrected chi connectivity index (χ0v) is 11.4. The van der Waals surface area contributed by atoms with Crippen LogP contribution < -0.4 is 0 Å². The molecule has 0 heterocycles. The lowest BCUT2D eigenvalue weighted by atomic mass is 10.0. The molecule has 0 aromatic heterocycles. The number of carbonyl (C=O) groups excluding carboxylic acids is 1. The fraction of sp³-hybridized carbons (Fsp3) is 0.462. The van der Waals surface area contributed by atoms with E-state index in [4.69, 9.17) is 0 Å². The molecule has 1 aromatic rings. The van der Waals surface area contributed by atoms with Gasteiger partial charge in [0.25, 0.3) is 0 Å². The highest BCUT2D eigenvalue weighted by atomic mass is 32.2. The number of Topliss-reactive ketones (excluding diaryl/α,β-unsaturated/α-hetero) is 1. The minimum Gasteiger partial charge on any atom is -0.294 e. The molecule has 0 amide bonds. The second kappa shape index (κ2) is 5.00. The number of carbonyl (C=O) groups is 1. The van der Waals surface area contributed by atoms with Crippen molar-refractivity contribution < 1.29 is 13.2 Å². The molecule has 0 radical (unpaired) electrons. The summed E-state index contributed by atoms with van der Waals surface area (Å²) >= 11 is 0. The number of hydrogen-bond acceptors (Lipinski definition) is 3. The van der Waals surface area contributed by atoms with Crippen LogP contribution >= 0.6 is 0 Å². The number of sulfone groups is 1. The molecule has 1 aromatic carbocycles. The first-order valence-corrected chi connectivity index (χ1v) is 7.19. The Balaban J connectivity index is 3.24. The zero-order valence-electron chi connectivity index (χ0n) is 10.6. The van der Waals surface area contributed by atoms with Gasteiger partial charge in [0.1, 0.15) is 0 Å². The Morgan fingerprint density at radius 3 is 2.18 bits per heavy atom. The van der Waals surface area contributed by atoms with Gasteiger partial charge in [0.15, 0.2) is 15.6 Å². The van der Waals surface area contributed by atoms with Gasteiger partial charge in [-0.05, 0) is 26.0 Å². The lowest BCUT2D eigenvalue weighted by Gasteiger charge is -2.10. The number of rotatable bonds is 4. The molecule has 0 saturated heterocycles. The molecule has 1 rings (SSSR count). The van der Waals surface area contributed by atoms with Crippen LogP contribution in [0.15, 0.2) is 29.2 Å². The standard InChI is InChI=1S/C13H18O3S/c1-9(2)13(14)11-6-5-7-12(8-11)17(15,16)10(3)4/h5-10H,1-4H3. The third-order valence-corrected chi connectivity index (χ3v) is 4.74. The fourth-order valence-corrected chi connectivity index (χ4v) is 2.54. The van der Waals surface area contributed by atoms with Gasteiger partial charge < -0.3 is 0 Å². The first-order chi connectivity index (χ1) is 7.76. The molecule has 0 bridgehead atoms. The quantitative estimate of drug-likeness (QED) is 0.776. The Morgan fingerprint density at radius 2 is 1.71 bits per heavy atom. The predicted octanol–water partition coefficient (Wildman–Crippen LogP) is 2.71. The molecule has 0 unspecified atom stereocenters. The molecular weight excluding hydrogens is 236 g/mol. The van der Waals surface area contributed by atoms with Crippen molar-refractivity contribution in [1.82, 2.24) is 0 Å². The minimum atomic E-state index is -3.31. The summed E-state index contributed by atoms with van der Waals surface area (Å²) in [4.78, 5) is 12.0. The van der Waals surface area contributed by atoms with E-state index in [1.54, 1.807) is 39.8 Å². The van der Waals surface area contributed by atoms with E-state index in [2.05, 4.69) is 0 Å². The van der Waals surface area contributed by atoms with Crippen molar-refractivity contribution in [3.63, 3.8) is 0 Å². The van der Waals surface area contributed by atoms with Gasteiger partial charge in [-0.3, -0.25) is 4.79 Å². The SMILES string of the molecule is CC(C)C(=O)c1cccc(S(=O)(=O)C(C)C)c1. The summed E-state index contributed by atoms with van der Waals surface area (Å²) in [6, 6.07) is 6.27. The van der Waals surface area contributed by atoms with Crippen LogP contribution in [0.25, 0.3) is 0 Å². The predicted molar refractivity (Wildman–Crippen MR) is 67.9 cm³/mol. The van der Waals surface area contributed by atoms with Crippen LogP contribution in [0.2, 0.25) is 0 Å². The number of ketones is 1. The molecule has 17 heavy (non-hydrogen) atoms. The maximum atomic E-state index is 12.0. The lowest BCUT2D eigenvalue weighted by molar-refractivity contribution is 0.0939. The maximum Gasteiger partial charge on any atom is 0.180 e. The molecule has 0 fully saturated rings. The summed E-state index contributed by atoms with van der Waals surface area (Å²) in [6.45, 7) is 6.86. The Labute approximate surface area is 103 Å². The van der Waals surface area contributed by atoms with E-state index in [1.807, 2.05) is 0 Å². The molecule has 4 heteroatoms. The Kier molecular flexibility index (Phi) is 4.09. The molecular formula is C13H18O3S. The van der Waals surface area contributed by atoms with Gasteiger partial charge in [0, 0.05) is 11.5 Å². The molecule has 3 nitrogen and oxygen atoms in total. The third-order valence-electron chi connectivity index (χ3n) is 2.59. The highest BCUT2D eigenvalue weighted by molar-refractivity contribution is 7.92. The summed E-state index contributed by atoms with van der Waals surface area (Å²) in [5, 5.41) is -0.480. The van der Waals surface area contributed by atoms with Crippen molar-refractivity contribution in [3.05, 3.63) is 29.8 Å².